The molecule has 3 aromatic carbocycles. The van der Waals surface area contributed by atoms with E-state index in [1.54, 1.807) is 60.4 Å². The van der Waals surface area contributed by atoms with E-state index in [2.05, 4.69) is 5.32 Å². The maximum atomic E-state index is 13.3. The number of ether oxygens (including phenoxy) is 3. The van der Waals surface area contributed by atoms with Crippen LogP contribution < -0.4 is 19.5 Å². The third-order valence-electron chi connectivity index (χ3n) is 5.58. The maximum absolute atomic E-state index is 13.3. The van der Waals surface area contributed by atoms with Crippen LogP contribution in [0.1, 0.15) is 28.4 Å². The maximum Gasteiger partial charge on any atom is 0.263 e. The molecule has 0 radical (unpaired) electrons. The van der Waals surface area contributed by atoms with Crippen LogP contribution in [-0.4, -0.2) is 37.0 Å². The molecule has 3 aromatic rings. The van der Waals surface area contributed by atoms with E-state index in [0.717, 1.165) is 11.1 Å². The first kappa shape index (κ1) is 23.1. The lowest BCUT2D eigenvalue weighted by Crippen LogP contribution is -2.37. The Morgan fingerprint density at radius 3 is 2.56 bits per heavy atom. The highest BCUT2D eigenvalue weighted by molar-refractivity contribution is 6.06. The summed E-state index contributed by atoms with van der Waals surface area (Å²) < 4.78 is 29.6. The van der Waals surface area contributed by atoms with Crippen LogP contribution in [-0.2, 0) is 17.9 Å². The number of carbonyl (C=O) groups is 2. The van der Waals surface area contributed by atoms with Crippen molar-refractivity contribution < 1.29 is 28.2 Å². The van der Waals surface area contributed by atoms with Gasteiger partial charge in [-0.15, -0.1) is 0 Å². The van der Waals surface area contributed by atoms with Gasteiger partial charge in [0.2, 0.25) is 0 Å². The fourth-order valence-electron chi connectivity index (χ4n) is 3.81. The lowest BCUT2D eigenvalue weighted by atomic mass is 10.1. The highest BCUT2D eigenvalue weighted by Gasteiger charge is 2.28. The number of methoxy groups -OCH3 is 2. The lowest BCUT2D eigenvalue weighted by Gasteiger charge is -2.22. The van der Waals surface area contributed by atoms with Gasteiger partial charge in [-0.25, -0.2) is 4.39 Å². The van der Waals surface area contributed by atoms with Crippen LogP contribution in [0.3, 0.4) is 0 Å². The summed E-state index contributed by atoms with van der Waals surface area (Å²) in [6.45, 7) is 2.29. The number of amides is 2. The van der Waals surface area contributed by atoms with E-state index in [4.69, 9.17) is 14.2 Å². The third kappa shape index (κ3) is 4.96. The van der Waals surface area contributed by atoms with Crippen LogP contribution in [0.25, 0.3) is 0 Å². The summed E-state index contributed by atoms with van der Waals surface area (Å²) in [6.07, 6.45) is -0.675. The molecule has 0 saturated carbocycles. The standard InChI is InChI=1S/C26H25FN2O5/c1-16-26(31)29(14-17-4-6-19(27)7-5-17)15-18-12-20(8-11-23(18)34-16)28-25(30)22-10-9-21(32-2)13-24(22)33-3/h4-13,16H,14-15H2,1-3H3,(H,28,30)/t16-/m0/s1. The van der Waals surface area contributed by atoms with E-state index in [1.165, 1.54) is 26.4 Å². The molecule has 8 heteroatoms. The van der Waals surface area contributed by atoms with Gasteiger partial charge in [-0.2, -0.15) is 0 Å². The van der Waals surface area contributed by atoms with Gasteiger partial charge in [0.25, 0.3) is 11.8 Å². The van der Waals surface area contributed by atoms with E-state index in [0.29, 0.717) is 35.0 Å². The van der Waals surface area contributed by atoms with Crippen molar-refractivity contribution in [2.24, 2.45) is 0 Å². The average Bonchev–Trinajstić information content (AvgIpc) is 2.96. The predicted octanol–water partition coefficient (Wildman–Crippen LogP) is 4.40. The summed E-state index contributed by atoms with van der Waals surface area (Å²) in [4.78, 5) is 27.5. The molecular formula is C26H25FN2O5. The molecule has 4 rings (SSSR count). The molecule has 176 valence electrons. The van der Waals surface area contributed by atoms with Crippen LogP contribution in [0.2, 0.25) is 0 Å². The highest BCUT2D eigenvalue weighted by Crippen LogP contribution is 2.30. The normalized spacial score (nSPS) is 15.1. The van der Waals surface area contributed by atoms with Crippen LogP contribution in [0.4, 0.5) is 10.1 Å². The molecule has 2 amide bonds. The highest BCUT2D eigenvalue weighted by atomic mass is 19.1. The molecule has 0 fully saturated rings. The molecule has 0 aliphatic carbocycles. The van der Waals surface area contributed by atoms with Crippen molar-refractivity contribution in [3.63, 3.8) is 0 Å². The smallest absolute Gasteiger partial charge is 0.263 e. The first-order valence-corrected chi connectivity index (χ1v) is 10.7. The van der Waals surface area contributed by atoms with E-state index in [1.807, 2.05) is 0 Å². The molecule has 1 N–H and O–H groups in total. The summed E-state index contributed by atoms with van der Waals surface area (Å²) >= 11 is 0. The summed E-state index contributed by atoms with van der Waals surface area (Å²) in [5.74, 6) is 0.690. The van der Waals surface area contributed by atoms with Gasteiger partial charge in [0.15, 0.2) is 6.10 Å². The van der Waals surface area contributed by atoms with Crippen molar-refractivity contribution in [2.45, 2.75) is 26.1 Å². The number of nitrogens with zero attached hydrogens (tertiary/aromatic N) is 1. The molecule has 1 aliphatic rings. The van der Waals surface area contributed by atoms with Crippen molar-refractivity contribution in [3.05, 3.63) is 83.2 Å². The number of halogens is 1. The Morgan fingerprint density at radius 1 is 1.09 bits per heavy atom. The largest absolute Gasteiger partial charge is 0.497 e. The second-order valence-corrected chi connectivity index (χ2v) is 7.92. The fourth-order valence-corrected chi connectivity index (χ4v) is 3.81. The molecule has 0 bridgehead atoms. The van der Waals surface area contributed by atoms with Crippen molar-refractivity contribution in [1.82, 2.24) is 4.90 Å². The Balaban J connectivity index is 1.56. The zero-order valence-corrected chi connectivity index (χ0v) is 19.1. The topological polar surface area (TPSA) is 77.1 Å². The first-order valence-electron chi connectivity index (χ1n) is 10.7. The third-order valence-corrected chi connectivity index (χ3v) is 5.58. The average molecular weight is 464 g/mol. The monoisotopic (exact) mass is 464 g/mol. The van der Waals surface area contributed by atoms with E-state index in [9.17, 15) is 14.0 Å². The van der Waals surface area contributed by atoms with E-state index in [-0.39, 0.29) is 24.2 Å². The fraction of sp³-hybridized carbons (Fsp3) is 0.231. The SMILES string of the molecule is COc1ccc(C(=O)Nc2ccc3c(c2)CN(Cc2ccc(F)cc2)C(=O)[C@H](C)O3)c(OC)c1. The van der Waals surface area contributed by atoms with Crippen molar-refractivity contribution in [2.75, 3.05) is 19.5 Å². The summed E-state index contributed by atoms with van der Waals surface area (Å²) in [7, 11) is 3.02. The molecule has 0 aromatic heterocycles. The Bertz CT molecular complexity index is 1210. The Morgan fingerprint density at radius 2 is 1.85 bits per heavy atom. The lowest BCUT2D eigenvalue weighted by molar-refractivity contribution is -0.138. The predicted molar refractivity (Wildman–Crippen MR) is 125 cm³/mol. The van der Waals surface area contributed by atoms with Crippen LogP contribution in [0, 0.1) is 5.82 Å². The van der Waals surface area contributed by atoms with Gasteiger partial charge in [0.1, 0.15) is 23.1 Å². The number of nitrogens with one attached hydrogen (secondary N) is 1. The van der Waals surface area contributed by atoms with Crippen molar-refractivity contribution in [1.29, 1.82) is 0 Å². The molecule has 0 spiro atoms. The van der Waals surface area contributed by atoms with Gasteiger partial charge in [0, 0.05) is 30.4 Å². The van der Waals surface area contributed by atoms with Crippen molar-refractivity contribution in [3.8, 4) is 17.2 Å². The summed E-state index contributed by atoms with van der Waals surface area (Å²) in [5, 5.41) is 2.87. The molecule has 1 atom stereocenters. The second kappa shape index (κ2) is 9.82. The number of carbonyl (C=O) groups excluding carboxylic acids is 2. The Labute approximate surface area is 197 Å². The molecule has 1 aliphatic heterocycles. The van der Waals surface area contributed by atoms with Crippen LogP contribution >= 0.6 is 0 Å². The first-order chi connectivity index (χ1) is 16.4. The van der Waals surface area contributed by atoms with Gasteiger partial charge in [-0.1, -0.05) is 12.1 Å². The van der Waals surface area contributed by atoms with Crippen LogP contribution in [0.15, 0.2) is 60.7 Å². The number of rotatable bonds is 6. The molecule has 0 unspecified atom stereocenters. The zero-order chi connectivity index (χ0) is 24.2. The minimum Gasteiger partial charge on any atom is -0.497 e. The van der Waals surface area contributed by atoms with Crippen molar-refractivity contribution >= 4 is 17.5 Å². The van der Waals surface area contributed by atoms with Gasteiger partial charge in [-0.3, -0.25) is 9.59 Å². The second-order valence-electron chi connectivity index (χ2n) is 7.92. The molecular weight excluding hydrogens is 439 g/mol. The van der Waals surface area contributed by atoms with E-state index < -0.39 is 6.10 Å². The van der Waals surface area contributed by atoms with Gasteiger partial charge < -0.3 is 24.4 Å². The van der Waals surface area contributed by atoms with E-state index >= 15 is 0 Å². The Kier molecular flexibility index (Phi) is 6.67. The van der Waals surface area contributed by atoms with Gasteiger partial charge >= 0.3 is 0 Å². The molecule has 7 nitrogen and oxygen atoms in total. The van der Waals surface area contributed by atoms with Gasteiger partial charge in [0.05, 0.1) is 19.8 Å². The summed E-state index contributed by atoms with van der Waals surface area (Å²) in [5.41, 5.74) is 2.46. The number of hydrogen-bond acceptors (Lipinski definition) is 5. The number of anilines is 1. The minimum atomic E-state index is -0.675. The zero-order valence-electron chi connectivity index (χ0n) is 19.1. The number of hydrogen-bond donors (Lipinski definition) is 1. The number of fused-ring (bicyclic) bond motifs is 1. The molecule has 0 saturated heterocycles. The minimum absolute atomic E-state index is 0.172. The van der Waals surface area contributed by atoms with Gasteiger partial charge in [-0.05, 0) is 55.0 Å². The molecule has 1 heterocycles. The molecule has 34 heavy (non-hydrogen) atoms. The number of benzene rings is 3. The summed E-state index contributed by atoms with van der Waals surface area (Å²) in [6, 6.07) is 16.2. The van der Waals surface area contributed by atoms with Crippen LogP contribution in [0.5, 0.6) is 17.2 Å². The quantitative estimate of drug-likeness (QED) is 0.585. The Hall–Kier alpha value is -4.07.